The van der Waals surface area contributed by atoms with Gasteiger partial charge in [-0.3, -0.25) is 11.3 Å². The van der Waals surface area contributed by atoms with Crippen LogP contribution in [0.3, 0.4) is 0 Å². The van der Waals surface area contributed by atoms with E-state index in [1.54, 1.807) is 11.3 Å². The van der Waals surface area contributed by atoms with Gasteiger partial charge in [-0.15, -0.1) is 11.3 Å². The summed E-state index contributed by atoms with van der Waals surface area (Å²) in [5, 5.41) is 3.35. The lowest BCUT2D eigenvalue weighted by Crippen LogP contribution is -2.37. The summed E-state index contributed by atoms with van der Waals surface area (Å²) in [6.07, 6.45) is 7.18. The lowest BCUT2D eigenvalue weighted by Gasteiger charge is -2.24. The Morgan fingerprint density at radius 3 is 2.86 bits per heavy atom. The number of nitrogens with one attached hydrogen (secondary N) is 1. The molecule has 0 spiro atoms. The fourth-order valence-electron chi connectivity index (χ4n) is 2.63. The van der Waals surface area contributed by atoms with Crippen LogP contribution >= 0.6 is 11.3 Å². The van der Waals surface area contributed by atoms with Crippen LogP contribution in [0.2, 0.25) is 0 Å². The highest BCUT2D eigenvalue weighted by atomic mass is 32.1. The first kappa shape index (κ1) is 16.9. The third-order valence-corrected chi connectivity index (χ3v) is 4.96. The first-order valence-corrected chi connectivity index (χ1v) is 8.89. The van der Waals surface area contributed by atoms with Gasteiger partial charge in [0.1, 0.15) is 0 Å². The molecule has 3 N–H and O–H groups in total. The summed E-state index contributed by atoms with van der Waals surface area (Å²) in [7, 11) is 0. The number of nitrogens with zero attached hydrogens (tertiary/aromatic N) is 1. The summed E-state index contributed by atoms with van der Waals surface area (Å²) in [5.41, 5.74) is 4.25. The van der Waals surface area contributed by atoms with E-state index in [-0.39, 0.29) is 11.5 Å². The third kappa shape index (κ3) is 5.33. The molecule has 4 nitrogen and oxygen atoms in total. The Morgan fingerprint density at radius 1 is 1.48 bits per heavy atom. The molecular formula is C16H29N3OS. The summed E-state index contributed by atoms with van der Waals surface area (Å²) in [4.78, 5) is 4.76. The molecule has 1 aliphatic heterocycles. The van der Waals surface area contributed by atoms with Crippen LogP contribution in [-0.4, -0.2) is 23.7 Å². The summed E-state index contributed by atoms with van der Waals surface area (Å²) in [5.74, 6) is 5.71. The van der Waals surface area contributed by atoms with Crippen LogP contribution < -0.4 is 11.3 Å². The molecule has 2 atom stereocenters. The van der Waals surface area contributed by atoms with Crippen LogP contribution in [0.4, 0.5) is 0 Å². The average Bonchev–Trinajstić information content (AvgIpc) is 2.93. The van der Waals surface area contributed by atoms with Crippen LogP contribution in [0.5, 0.6) is 0 Å². The highest BCUT2D eigenvalue weighted by Crippen LogP contribution is 2.25. The molecule has 0 radical (unpaired) electrons. The van der Waals surface area contributed by atoms with E-state index in [4.69, 9.17) is 15.6 Å². The molecule has 21 heavy (non-hydrogen) atoms. The van der Waals surface area contributed by atoms with Crippen molar-refractivity contribution in [1.29, 1.82) is 0 Å². The van der Waals surface area contributed by atoms with E-state index < -0.39 is 0 Å². The number of hydrazine groups is 1. The van der Waals surface area contributed by atoms with Crippen molar-refractivity contribution in [3.8, 4) is 0 Å². The van der Waals surface area contributed by atoms with Crippen LogP contribution in [0, 0.1) is 0 Å². The summed E-state index contributed by atoms with van der Waals surface area (Å²) < 4.78 is 5.79. The molecule has 1 aromatic rings. The molecule has 120 valence electrons. The van der Waals surface area contributed by atoms with Crippen molar-refractivity contribution in [2.75, 3.05) is 6.61 Å². The monoisotopic (exact) mass is 311 g/mol. The number of nitrogens with two attached hydrogens (primary N) is 1. The maximum atomic E-state index is 5.79. The van der Waals surface area contributed by atoms with E-state index in [0.29, 0.717) is 6.10 Å². The van der Waals surface area contributed by atoms with Crippen molar-refractivity contribution in [3.63, 3.8) is 0 Å². The van der Waals surface area contributed by atoms with Crippen molar-refractivity contribution >= 4 is 11.3 Å². The summed E-state index contributed by atoms with van der Waals surface area (Å²) >= 11 is 1.74. The third-order valence-electron chi connectivity index (χ3n) is 4.09. The maximum Gasteiger partial charge on any atom is 0.0944 e. The van der Waals surface area contributed by atoms with Crippen LogP contribution in [0.15, 0.2) is 5.38 Å². The van der Waals surface area contributed by atoms with Gasteiger partial charge in [-0.2, -0.15) is 0 Å². The van der Waals surface area contributed by atoms with Gasteiger partial charge in [0, 0.05) is 29.9 Å². The molecule has 2 unspecified atom stereocenters. The van der Waals surface area contributed by atoms with Crippen molar-refractivity contribution in [2.45, 2.75) is 76.9 Å². The predicted octanol–water partition coefficient (Wildman–Crippen LogP) is 3.16. The van der Waals surface area contributed by atoms with E-state index in [1.807, 2.05) is 0 Å². The first-order chi connectivity index (χ1) is 9.99. The lowest BCUT2D eigenvalue weighted by molar-refractivity contribution is 0.00858. The second-order valence-electron chi connectivity index (χ2n) is 7.01. The lowest BCUT2D eigenvalue weighted by atomic mass is 9.93. The smallest absolute Gasteiger partial charge is 0.0944 e. The summed E-state index contributed by atoms with van der Waals surface area (Å²) in [6.45, 7) is 7.52. The SMILES string of the molecule is CC(C)(C)c1csc(CC(CCC2CCCCO2)NN)n1. The Hall–Kier alpha value is -0.490. The largest absolute Gasteiger partial charge is 0.378 e. The second kappa shape index (κ2) is 7.68. The molecule has 1 saturated heterocycles. The van der Waals surface area contributed by atoms with Crippen molar-refractivity contribution in [2.24, 2.45) is 5.84 Å². The first-order valence-electron chi connectivity index (χ1n) is 8.01. The topological polar surface area (TPSA) is 60.2 Å². The molecule has 0 aromatic carbocycles. The van der Waals surface area contributed by atoms with Gasteiger partial charge in [0.25, 0.3) is 0 Å². The molecule has 0 aliphatic carbocycles. The molecule has 2 rings (SSSR count). The zero-order valence-corrected chi connectivity index (χ0v) is 14.3. The van der Waals surface area contributed by atoms with Crippen molar-refractivity contribution in [3.05, 3.63) is 16.1 Å². The fourth-order valence-corrected chi connectivity index (χ4v) is 3.73. The molecule has 0 bridgehead atoms. The molecule has 5 heteroatoms. The number of hydrogen-bond donors (Lipinski definition) is 2. The van der Waals surface area contributed by atoms with Crippen LogP contribution in [0.25, 0.3) is 0 Å². The molecule has 0 amide bonds. The maximum absolute atomic E-state index is 5.79. The fraction of sp³-hybridized carbons (Fsp3) is 0.812. The zero-order chi connectivity index (χ0) is 15.3. The van der Waals surface area contributed by atoms with Gasteiger partial charge in [-0.25, -0.2) is 4.98 Å². The Morgan fingerprint density at radius 2 is 2.29 bits per heavy atom. The van der Waals surface area contributed by atoms with E-state index in [9.17, 15) is 0 Å². The number of ether oxygens (including phenoxy) is 1. The zero-order valence-electron chi connectivity index (χ0n) is 13.5. The Bertz CT molecular complexity index is 421. The van der Waals surface area contributed by atoms with Crippen LogP contribution in [0.1, 0.15) is 63.6 Å². The molecular weight excluding hydrogens is 282 g/mol. The highest BCUT2D eigenvalue weighted by Gasteiger charge is 2.20. The summed E-state index contributed by atoms with van der Waals surface area (Å²) in [6, 6.07) is 0.287. The molecule has 1 aromatic heterocycles. The quantitative estimate of drug-likeness (QED) is 0.626. The molecule has 2 heterocycles. The number of hydrogen-bond acceptors (Lipinski definition) is 5. The normalized spacial score (nSPS) is 21.4. The average molecular weight is 311 g/mol. The van der Waals surface area contributed by atoms with Crippen molar-refractivity contribution < 1.29 is 4.74 Å². The number of thiazole rings is 1. The van der Waals surface area contributed by atoms with Gasteiger partial charge in [0.05, 0.1) is 16.8 Å². The minimum Gasteiger partial charge on any atom is -0.378 e. The molecule has 0 saturated carbocycles. The van der Waals surface area contributed by atoms with Gasteiger partial charge >= 0.3 is 0 Å². The molecule has 1 aliphatic rings. The Kier molecular flexibility index (Phi) is 6.17. The van der Waals surface area contributed by atoms with Gasteiger partial charge in [-0.1, -0.05) is 20.8 Å². The minimum absolute atomic E-state index is 0.121. The van der Waals surface area contributed by atoms with Crippen molar-refractivity contribution in [1.82, 2.24) is 10.4 Å². The van der Waals surface area contributed by atoms with E-state index in [2.05, 4.69) is 31.6 Å². The molecule has 1 fully saturated rings. The van der Waals surface area contributed by atoms with Gasteiger partial charge in [-0.05, 0) is 32.1 Å². The standard InChI is InChI=1S/C16H29N3OS/c1-16(2,3)14-11-21-15(18-14)10-12(19-17)7-8-13-6-4-5-9-20-13/h11-13,19H,4-10,17H2,1-3H3. The van der Waals surface area contributed by atoms with E-state index in [0.717, 1.165) is 25.9 Å². The number of rotatable bonds is 6. The van der Waals surface area contributed by atoms with Gasteiger partial charge in [0.2, 0.25) is 0 Å². The Labute approximate surface area is 132 Å². The van der Waals surface area contributed by atoms with Gasteiger partial charge in [0.15, 0.2) is 0 Å². The second-order valence-corrected chi connectivity index (χ2v) is 7.95. The van der Waals surface area contributed by atoms with Gasteiger partial charge < -0.3 is 4.74 Å². The predicted molar refractivity (Wildman–Crippen MR) is 88.5 cm³/mol. The van der Waals surface area contributed by atoms with E-state index in [1.165, 1.54) is 30.0 Å². The Balaban J connectivity index is 1.82. The number of aromatic nitrogens is 1. The van der Waals surface area contributed by atoms with E-state index >= 15 is 0 Å². The van der Waals surface area contributed by atoms with Crippen LogP contribution in [-0.2, 0) is 16.6 Å². The minimum atomic E-state index is 0.121. The highest BCUT2D eigenvalue weighted by molar-refractivity contribution is 7.09.